The molecule has 0 radical (unpaired) electrons. The molecule has 1 rings (SSSR count). The molecule has 0 aromatic carbocycles. The molecule has 1 atom stereocenters. The molecule has 0 bridgehead atoms. The van der Waals surface area contributed by atoms with Crippen LogP contribution < -0.4 is 5.32 Å². The summed E-state index contributed by atoms with van der Waals surface area (Å²) in [5.74, 6) is 0. The molecule has 0 saturated carbocycles. The van der Waals surface area contributed by atoms with Gasteiger partial charge in [0.05, 0.1) is 10.3 Å². The Morgan fingerprint density at radius 2 is 1.94 bits per heavy atom. The van der Waals surface area contributed by atoms with Gasteiger partial charge in [-0.1, -0.05) is 0 Å². The van der Waals surface area contributed by atoms with Gasteiger partial charge in [0.2, 0.25) is 0 Å². The van der Waals surface area contributed by atoms with E-state index in [0.29, 0.717) is 13.1 Å². The normalized spacial score (nSPS) is 16.5. The van der Waals surface area contributed by atoms with Gasteiger partial charge >= 0.3 is 0 Å². The molecule has 6 heteroatoms. The Morgan fingerprint density at radius 3 is 2.39 bits per heavy atom. The van der Waals surface area contributed by atoms with Gasteiger partial charge in [-0.25, -0.2) is 8.42 Å². The van der Waals surface area contributed by atoms with Crippen LogP contribution in [-0.2, 0) is 15.4 Å². The maximum absolute atomic E-state index is 11.5. The fourth-order valence-electron chi connectivity index (χ4n) is 1.41. The van der Waals surface area contributed by atoms with Crippen molar-refractivity contribution in [3.05, 3.63) is 22.4 Å². The van der Waals surface area contributed by atoms with Crippen molar-refractivity contribution in [1.82, 2.24) is 5.32 Å². The fourth-order valence-corrected chi connectivity index (χ4v) is 2.56. The largest absolute Gasteiger partial charge is 0.384 e. The van der Waals surface area contributed by atoms with Gasteiger partial charge in [-0.15, -0.1) is 0 Å². The van der Waals surface area contributed by atoms with Gasteiger partial charge in [-0.2, -0.15) is 11.3 Å². The predicted octanol–water partition coefficient (Wildman–Crippen LogP) is 1.37. The van der Waals surface area contributed by atoms with Crippen molar-refractivity contribution in [3.8, 4) is 0 Å². The third kappa shape index (κ3) is 3.78. The zero-order valence-electron chi connectivity index (χ0n) is 11.2. The predicted molar refractivity (Wildman–Crippen MR) is 75.7 cm³/mol. The maximum Gasteiger partial charge on any atom is 0.153 e. The lowest BCUT2D eigenvalue weighted by Gasteiger charge is -2.27. The molecule has 0 amide bonds. The highest BCUT2D eigenvalue weighted by Gasteiger charge is 2.31. The van der Waals surface area contributed by atoms with Crippen LogP contribution in [0.4, 0.5) is 0 Å². The van der Waals surface area contributed by atoms with Crippen molar-refractivity contribution in [3.63, 3.8) is 0 Å². The van der Waals surface area contributed by atoms with Crippen LogP contribution in [0.15, 0.2) is 16.8 Å². The highest BCUT2D eigenvalue weighted by molar-refractivity contribution is 7.92. The number of aliphatic hydroxyl groups is 1. The summed E-state index contributed by atoms with van der Waals surface area (Å²) in [5.41, 5.74) is -0.134. The van der Waals surface area contributed by atoms with Crippen molar-refractivity contribution < 1.29 is 13.5 Å². The standard InChI is InChI=1S/C12H21NO3S2/c1-11(2,18(4,15)16)8-13-9-12(3,14)10-5-6-17-7-10/h5-7,13-14H,8-9H2,1-4H3. The van der Waals surface area contributed by atoms with Gasteiger partial charge < -0.3 is 10.4 Å². The SMILES string of the molecule is CC(O)(CNCC(C)(C)S(C)(=O)=O)c1ccsc1. The van der Waals surface area contributed by atoms with E-state index >= 15 is 0 Å². The first-order chi connectivity index (χ1) is 8.06. The van der Waals surface area contributed by atoms with E-state index in [-0.39, 0.29) is 0 Å². The number of nitrogens with one attached hydrogen (secondary N) is 1. The second-order valence-electron chi connectivity index (χ2n) is 5.42. The average molecular weight is 291 g/mol. The summed E-state index contributed by atoms with van der Waals surface area (Å²) in [5, 5.41) is 17.1. The van der Waals surface area contributed by atoms with Crippen LogP contribution in [0.5, 0.6) is 0 Å². The number of hydrogen-bond donors (Lipinski definition) is 2. The molecule has 4 nitrogen and oxygen atoms in total. The van der Waals surface area contributed by atoms with Crippen LogP contribution in [0.1, 0.15) is 26.3 Å². The summed E-state index contributed by atoms with van der Waals surface area (Å²) in [6.07, 6.45) is 1.23. The molecule has 18 heavy (non-hydrogen) atoms. The quantitative estimate of drug-likeness (QED) is 0.831. The van der Waals surface area contributed by atoms with Crippen molar-refractivity contribution >= 4 is 21.2 Å². The molecule has 0 fully saturated rings. The van der Waals surface area contributed by atoms with Crippen LogP contribution in [-0.4, -0.2) is 37.6 Å². The summed E-state index contributed by atoms with van der Waals surface area (Å²) < 4.78 is 22.2. The first kappa shape index (κ1) is 15.6. The van der Waals surface area contributed by atoms with Crippen LogP contribution in [0.2, 0.25) is 0 Å². The monoisotopic (exact) mass is 291 g/mol. The molecule has 0 aliphatic carbocycles. The first-order valence-electron chi connectivity index (χ1n) is 5.72. The molecule has 0 aliphatic heterocycles. The Kier molecular flexibility index (Phi) is 4.59. The lowest BCUT2D eigenvalue weighted by atomic mass is 9.99. The fraction of sp³-hybridized carbons (Fsp3) is 0.667. The zero-order chi connectivity index (χ0) is 14.0. The second-order valence-corrected chi connectivity index (χ2v) is 8.85. The zero-order valence-corrected chi connectivity index (χ0v) is 12.9. The number of sulfone groups is 1. The van der Waals surface area contributed by atoms with Gasteiger partial charge in [0, 0.05) is 19.3 Å². The van der Waals surface area contributed by atoms with Crippen molar-refractivity contribution in [2.24, 2.45) is 0 Å². The van der Waals surface area contributed by atoms with Crippen LogP contribution in [0.25, 0.3) is 0 Å². The van der Waals surface area contributed by atoms with E-state index in [2.05, 4.69) is 5.32 Å². The molecule has 0 saturated heterocycles. The van der Waals surface area contributed by atoms with E-state index in [1.54, 1.807) is 20.8 Å². The maximum atomic E-state index is 11.5. The topological polar surface area (TPSA) is 66.4 Å². The first-order valence-corrected chi connectivity index (χ1v) is 8.55. The van der Waals surface area contributed by atoms with Crippen LogP contribution >= 0.6 is 11.3 Å². The molecule has 0 aliphatic rings. The van der Waals surface area contributed by atoms with Gasteiger partial charge in [0.15, 0.2) is 9.84 Å². The molecule has 2 N–H and O–H groups in total. The Morgan fingerprint density at radius 1 is 1.33 bits per heavy atom. The molecule has 1 heterocycles. The molecular weight excluding hydrogens is 270 g/mol. The van der Waals surface area contributed by atoms with Crippen molar-refractivity contribution in [2.75, 3.05) is 19.3 Å². The highest BCUT2D eigenvalue weighted by Crippen LogP contribution is 2.22. The molecule has 104 valence electrons. The van der Waals surface area contributed by atoms with E-state index in [1.165, 1.54) is 17.6 Å². The Balaban J connectivity index is 2.58. The molecule has 1 aromatic heterocycles. The minimum Gasteiger partial charge on any atom is -0.384 e. The number of hydrogen-bond acceptors (Lipinski definition) is 5. The third-order valence-electron chi connectivity index (χ3n) is 3.17. The minimum absolute atomic E-state index is 0.312. The Labute approximate surface area is 113 Å². The third-order valence-corrected chi connectivity index (χ3v) is 6.00. The average Bonchev–Trinajstić information content (AvgIpc) is 2.67. The van der Waals surface area contributed by atoms with Gasteiger partial charge in [-0.3, -0.25) is 0 Å². The summed E-state index contributed by atoms with van der Waals surface area (Å²) in [4.78, 5) is 0. The van der Waals surface area contributed by atoms with Gasteiger partial charge in [0.25, 0.3) is 0 Å². The van der Waals surface area contributed by atoms with Gasteiger partial charge in [0.1, 0.15) is 0 Å². The number of rotatable bonds is 6. The summed E-state index contributed by atoms with van der Waals surface area (Å²) >= 11 is 1.53. The Hall–Kier alpha value is -0.430. The molecule has 0 spiro atoms. The molecular formula is C12H21NO3S2. The van der Waals surface area contributed by atoms with E-state index < -0.39 is 20.2 Å². The van der Waals surface area contributed by atoms with Gasteiger partial charge in [-0.05, 0) is 43.2 Å². The lowest BCUT2D eigenvalue weighted by molar-refractivity contribution is 0.0571. The lowest BCUT2D eigenvalue weighted by Crippen LogP contribution is -2.45. The minimum atomic E-state index is -3.12. The number of thiophene rings is 1. The molecule has 1 unspecified atom stereocenters. The smallest absolute Gasteiger partial charge is 0.153 e. The summed E-state index contributed by atoms with van der Waals surface area (Å²) in [7, 11) is -3.12. The second kappa shape index (κ2) is 5.28. The van der Waals surface area contributed by atoms with E-state index in [9.17, 15) is 13.5 Å². The Bertz CT molecular complexity index is 475. The van der Waals surface area contributed by atoms with Crippen LogP contribution in [0.3, 0.4) is 0 Å². The van der Waals surface area contributed by atoms with E-state index in [1.807, 2.05) is 16.8 Å². The van der Waals surface area contributed by atoms with Crippen LogP contribution in [0, 0.1) is 0 Å². The van der Waals surface area contributed by atoms with E-state index in [4.69, 9.17) is 0 Å². The van der Waals surface area contributed by atoms with Crippen molar-refractivity contribution in [2.45, 2.75) is 31.1 Å². The highest BCUT2D eigenvalue weighted by atomic mass is 32.2. The van der Waals surface area contributed by atoms with Crippen molar-refractivity contribution in [1.29, 1.82) is 0 Å². The summed E-state index contributed by atoms with van der Waals surface area (Å²) in [6, 6.07) is 1.87. The van der Waals surface area contributed by atoms with E-state index in [0.717, 1.165) is 5.56 Å². The molecule has 1 aromatic rings. The summed E-state index contributed by atoms with van der Waals surface area (Å²) in [6.45, 7) is 5.70.